The normalized spacial score (nSPS) is 11.2. The molecule has 0 aromatic heterocycles. The van der Waals surface area contributed by atoms with Crippen molar-refractivity contribution in [3.8, 4) is 0 Å². The lowest BCUT2D eigenvalue weighted by Crippen LogP contribution is -2.17. The molecule has 0 aromatic rings. The van der Waals surface area contributed by atoms with Crippen molar-refractivity contribution in [3.63, 3.8) is 0 Å². The summed E-state index contributed by atoms with van der Waals surface area (Å²) in [5.74, 6) is -3.39. The summed E-state index contributed by atoms with van der Waals surface area (Å²) in [6.45, 7) is 9.99. The van der Waals surface area contributed by atoms with Crippen LogP contribution in [-0.2, 0) is 71.3 Å². The van der Waals surface area contributed by atoms with Gasteiger partial charge in [0.25, 0.3) is 0 Å². The van der Waals surface area contributed by atoms with Crippen LogP contribution in [-0.4, -0.2) is 161 Å². The topological polar surface area (TPSA) is 190 Å². The zero-order valence-electron chi connectivity index (χ0n) is 32.2. The molecule has 0 fully saturated rings. The van der Waals surface area contributed by atoms with Gasteiger partial charge in [0.15, 0.2) is 0 Å². The fourth-order valence-corrected chi connectivity index (χ4v) is 4.34. The number of carbonyl (C=O) groups is 4. The minimum atomic E-state index is -1.56. The van der Waals surface area contributed by atoms with Crippen molar-refractivity contribution in [1.82, 2.24) is 0 Å². The number of carboxylic acid groups (broad SMARTS) is 1. The number of unbranched alkanes of at least 4 members (excludes halogenated alkanes) is 8. The average Bonchev–Trinajstić information content (AvgIpc) is 3.15. The second-order valence-corrected chi connectivity index (χ2v) is 11.8. The number of Topliss-reactive ketones (excluding diaryl/α,β-unsaturated/α-hetero) is 1. The number of aliphatic carboxylic acids is 1. The second-order valence-electron chi connectivity index (χ2n) is 11.8. The van der Waals surface area contributed by atoms with Crippen LogP contribution in [0.15, 0.2) is 0 Å². The third kappa shape index (κ3) is 42.3. The van der Waals surface area contributed by atoms with Crippen molar-refractivity contribution in [2.45, 2.75) is 84.0 Å². The summed E-state index contributed by atoms with van der Waals surface area (Å²) in [5, 5.41) is 8.45. The minimum Gasteiger partial charge on any atom is -0.476 e. The third-order valence-corrected chi connectivity index (χ3v) is 7.24. The average molecular weight is 769 g/mol. The summed E-state index contributed by atoms with van der Waals surface area (Å²) in [4.78, 5) is 44.4. The lowest BCUT2D eigenvalue weighted by molar-refractivity contribution is -0.151. The number of carbonyl (C=O) groups excluding carboxylic acids is 3. The van der Waals surface area contributed by atoms with Gasteiger partial charge < -0.3 is 57.2 Å². The number of ketones is 1. The quantitative estimate of drug-likeness (QED) is 0.0537. The van der Waals surface area contributed by atoms with Crippen molar-refractivity contribution in [1.29, 1.82) is 0 Å². The fourth-order valence-electron chi connectivity index (χ4n) is 4.34. The van der Waals surface area contributed by atoms with Gasteiger partial charge in [-0.3, -0.25) is 14.4 Å². The van der Waals surface area contributed by atoms with Gasteiger partial charge >= 0.3 is 17.9 Å². The van der Waals surface area contributed by atoms with Crippen molar-refractivity contribution >= 4 is 23.7 Å². The zero-order valence-corrected chi connectivity index (χ0v) is 32.2. The van der Waals surface area contributed by atoms with Crippen LogP contribution >= 0.6 is 0 Å². The minimum absolute atomic E-state index is 0.0110. The summed E-state index contributed by atoms with van der Waals surface area (Å²) in [5.41, 5.74) is 0. The fraction of sp³-hybridized carbons (Fsp3) is 0.892. The Hall–Kier alpha value is -2.28. The van der Waals surface area contributed by atoms with E-state index < -0.39 is 17.7 Å². The first kappa shape index (κ1) is 50.7. The van der Waals surface area contributed by atoms with E-state index in [4.69, 9.17) is 57.2 Å². The van der Waals surface area contributed by atoms with Crippen LogP contribution in [0.2, 0.25) is 0 Å². The van der Waals surface area contributed by atoms with Crippen molar-refractivity contribution < 1.29 is 76.4 Å². The molecule has 0 spiro atoms. The smallest absolute Gasteiger partial charge is 0.372 e. The van der Waals surface area contributed by atoms with Gasteiger partial charge in [0.1, 0.15) is 13.2 Å². The largest absolute Gasteiger partial charge is 0.476 e. The molecule has 0 aliphatic rings. The number of rotatable bonds is 44. The molecule has 0 aromatic carbocycles. The molecular weight excluding hydrogens is 700 g/mol. The lowest BCUT2D eigenvalue weighted by Gasteiger charge is -2.09. The van der Waals surface area contributed by atoms with Crippen molar-refractivity contribution in [2.24, 2.45) is 0 Å². The number of esters is 2. The first-order valence-corrected chi connectivity index (χ1v) is 19.2. The van der Waals surface area contributed by atoms with Gasteiger partial charge in [-0.2, -0.15) is 0 Å². The van der Waals surface area contributed by atoms with Gasteiger partial charge in [0, 0.05) is 12.8 Å². The van der Waals surface area contributed by atoms with Crippen LogP contribution in [0.3, 0.4) is 0 Å². The van der Waals surface area contributed by atoms with Gasteiger partial charge in [0.05, 0.1) is 125 Å². The molecule has 0 radical (unpaired) electrons. The predicted octanol–water partition coefficient (Wildman–Crippen LogP) is 3.58. The molecule has 16 heteroatoms. The molecule has 0 bridgehead atoms. The van der Waals surface area contributed by atoms with Gasteiger partial charge in [-0.15, -0.1) is 0 Å². The van der Waals surface area contributed by atoms with E-state index in [1.165, 1.54) is 44.9 Å². The molecule has 1 N–H and O–H groups in total. The monoisotopic (exact) mass is 768 g/mol. The van der Waals surface area contributed by atoms with E-state index in [-0.39, 0.29) is 38.6 Å². The molecule has 53 heavy (non-hydrogen) atoms. The van der Waals surface area contributed by atoms with Gasteiger partial charge in [0.2, 0.25) is 5.78 Å². The Morgan fingerprint density at radius 3 is 0.906 bits per heavy atom. The third-order valence-electron chi connectivity index (χ3n) is 7.24. The van der Waals surface area contributed by atoms with Crippen LogP contribution in [0.25, 0.3) is 0 Å². The molecule has 0 saturated heterocycles. The highest BCUT2D eigenvalue weighted by atomic mass is 16.6. The van der Waals surface area contributed by atoms with Crippen LogP contribution in [0, 0.1) is 0 Å². The molecule has 0 saturated carbocycles. The predicted molar refractivity (Wildman–Crippen MR) is 193 cm³/mol. The molecule has 0 rings (SSSR count). The van der Waals surface area contributed by atoms with Crippen molar-refractivity contribution in [2.75, 3.05) is 132 Å². The van der Waals surface area contributed by atoms with E-state index in [2.05, 4.69) is 6.92 Å². The summed E-state index contributed by atoms with van der Waals surface area (Å²) in [7, 11) is 0. The molecule has 0 aliphatic carbocycles. The van der Waals surface area contributed by atoms with Crippen molar-refractivity contribution in [3.05, 3.63) is 0 Å². The highest BCUT2D eigenvalue weighted by molar-refractivity contribution is 6.32. The standard InChI is InChI=1S/C37H68O16/c1-2-3-4-5-6-7-8-9-10-11-35(39)52-32-30-50-28-26-48-24-22-46-20-18-44-16-14-43-15-17-45-19-21-47-23-25-49-27-29-51-31-33-53-36(40)13-12-34(38)37(41)42/h2-33H2,1H3,(H,41,42). The Balaban J connectivity index is 3.17. The second kappa shape index (κ2) is 42.5. The summed E-state index contributed by atoms with van der Waals surface area (Å²) >= 11 is 0. The lowest BCUT2D eigenvalue weighted by atomic mass is 10.1. The summed E-state index contributed by atoms with van der Waals surface area (Å²) in [6.07, 6.45) is 10.8. The number of ether oxygens (including phenoxy) is 11. The molecule has 0 heterocycles. The Morgan fingerprint density at radius 2 is 0.604 bits per heavy atom. The molecular formula is C37H68O16. The van der Waals surface area contributed by atoms with Crippen LogP contribution < -0.4 is 0 Å². The first-order valence-electron chi connectivity index (χ1n) is 19.2. The van der Waals surface area contributed by atoms with E-state index in [0.717, 1.165) is 12.8 Å². The van der Waals surface area contributed by atoms with Gasteiger partial charge in [-0.25, -0.2) is 4.79 Å². The highest BCUT2D eigenvalue weighted by Crippen LogP contribution is 2.10. The van der Waals surface area contributed by atoms with E-state index in [1.54, 1.807) is 0 Å². The van der Waals surface area contributed by atoms with Gasteiger partial charge in [-0.1, -0.05) is 58.3 Å². The van der Waals surface area contributed by atoms with Crippen LogP contribution in [0.5, 0.6) is 0 Å². The van der Waals surface area contributed by atoms with Crippen LogP contribution in [0.4, 0.5) is 0 Å². The number of hydrogen-bond donors (Lipinski definition) is 1. The molecule has 312 valence electrons. The Kier molecular flexibility index (Phi) is 40.6. The molecule has 0 amide bonds. The zero-order chi connectivity index (χ0) is 38.7. The van der Waals surface area contributed by atoms with Crippen LogP contribution in [0.1, 0.15) is 84.0 Å². The van der Waals surface area contributed by atoms with E-state index >= 15 is 0 Å². The molecule has 0 aliphatic heterocycles. The Labute approximate surface area is 316 Å². The van der Waals surface area contributed by atoms with E-state index in [1.807, 2.05) is 0 Å². The SMILES string of the molecule is CCCCCCCCCCCC(=O)OCCOCCOCCOCCOCCOCCOCCOCCOCCOCCOC(=O)CCC(=O)C(=O)O. The summed E-state index contributed by atoms with van der Waals surface area (Å²) in [6, 6.07) is 0. The van der Waals surface area contributed by atoms with E-state index in [9.17, 15) is 19.2 Å². The maximum absolute atomic E-state index is 11.8. The van der Waals surface area contributed by atoms with Gasteiger partial charge in [-0.05, 0) is 6.42 Å². The maximum Gasteiger partial charge on any atom is 0.372 e. The number of carboxylic acids is 1. The first-order chi connectivity index (χ1) is 26.0. The van der Waals surface area contributed by atoms with E-state index in [0.29, 0.717) is 119 Å². The molecule has 16 nitrogen and oxygen atoms in total. The Bertz CT molecular complexity index is 844. The summed E-state index contributed by atoms with van der Waals surface area (Å²) < 4.78 is 58.8. The Morgan fingerprint density at radius 1 is 0.340 bits per heavy atom. The number of hydrogen-bond acceptors (Lipinski definition) is 15. The highest BCUT2D eigenvalue weighted by Gasteiger charge is 2.14. The maximum atomic E-state index is 11.8. The molecule has 0 atom stereocenters. The molecule has 0 unspecified atom stereocenters.